The zero-order valence-electron chi connectivity index (χ0n) is 19.0. The molecule has 7 aliphatic rings. The van der Waals surface area contributed by atoms with Crippen LogP contribution >= 0.6 is 0 Å². The largest absolute Gasteiger partial charge is 0.508 e. The van der Waals surface area contributed by atoms with Gasteiger partial charge in [0.1, 0.15) is 11.5 Å². The van der Waals surface area contributed by atoms with Crippen molar-refractivity contribution in [3.8, 4) is 5.75 Å². The summed E-state index contributed by atoms with van der Waals surface area (Å²) in [6, 6.07) is 4.49. The Kier molecular flexibility index (Phi) is 3.68. The van der Waals surface area contributed by atoms with Gasteiger partial charge in [-0.3, -0.25) is 4.79 Å². The van der Waals surface area contributed by atoms with E-state index in [0.29, 0.717) is 23.4 Å². The summed E-state index contributed by atoms with van der Waals surface area (Å²) in [7, 11) is 0. The van der Waals surface area contributed by atoms with Crippen molar-refractivity contribution in [2.45, 2.75) is 94.9 Å². The first-order valence-corrected chi connectivity index (χ1v) is 13.0. The van der Waals surface area contributed by atoms with E-state index in [2.05, 4.69) is 19.1 Å². The van der Waals surface area contributed by atoms with Crippen molar-refractivity contribution < 1.29 is 9.90 Å². The van der Waals surface area contributed by atoms with Crippen molar-refractivity contribution in [2.75, 3.05) is 0 Å². The zero-order chi connectivity index (χ0) is 21.2. The number of phenolic OH excluding ortho intramolecular Hbond substituents is 1. The third kappa shape index (κ3) is 2.37. The fourth-order valence-electron chi connectivity index (χ4n) is 10.3. The second-order valence-corrected chi connectivity index (χ2v) is 12.9. The Morgan fingerprint density at radius 2 is 1.55 bits per heavy atom. The van der Waals surface area contributed by atoms with Gasteiger partial charge in [-0.1, -0.05) is 6.92 Å². The van der Waals surface area contributed by atoms with Gasteiger partial charge in [0.15, 0.2) is 0 Å². The van der Waals surface area contributed by atoms with Crippen LogP contribution in [-0.2, 0) is 22.2 Å². The van der Waals surface area contributed by atoms with Gasteiger partial charge in [0.2, 0.25) is 0 Å². The molecule has 0 saturated heterocycles. The molecule has 4 bridgehead atoms. The number of aryl methyl sites for hydroxylation is 1. The zero-order valence-corrected chi connectivity index (χ0v) is 19.0. The van der Waals surface area contributed by atoms with Crippen LogP contribution < -0.4 is 5.73 Å². The summed E-state index contributed by atoms with van der Waals surface area (Å²) >= 11 is 0. The molecule has 0 aromatic heterocycles. The fourth-order valence-corrected chi connectivity index (χ4v) is 10.3. The van der Waals surface area contributed by atoms with E-state index in [1.165, 1.54) is 55.2 Å². The van der Waals surface area contributed by atoms with Crippen LogP contribution in [0.4, 0.5) is 0 Å². The Hall–Kier alpha value is -1.35. The molecule has 0 unspecified atom stereocenters. The van der Waals surface area contributed by atoms with Crippen LogP contribution in [0.15, 0.2) is 12.1 Å². The van der Waals surface area contributed by atoms with Gasteiger partial charge in [0.25, 0.3) is 0 Å². The lowest BCUT2D eigenvalue weighted by molar-refractivity contribution is -0.130. The number of aromatic hydroxyl groups is 1. The number of ketones is 1. The number of nitrogens with two attached hydrogens (primary N) is 1. The van der Waals surface area contributed by atoms with E-state index in [1.807, 2.05) is 0 Å². The van der Waals surface area contributed by atoms with Gasteiger partial charge in [-0.15, -0.1) is 0 Å². The Labute approximate surface area is 186 Å². The molecule has 8 rings (SSSR count). The quantitative estimate of drug-likeness (QED) is 0.644. The standard InChI is InChI=1S/C28H37NO2/c1-26-6-7-28(29)21(20(26)4-5-25(26)31)3-2-19-11-24(30)23(12-22(19)28)27-13-16-8-17(14-27)10-18(9-16)15-27/h11-12,16-18,20-21,30H,2-10,13-15,29H2,1H3/t16?,17?,18?,20-,21-,26-,27?,28+/m0/s1. The lowest BCUT2D eigenvalue weighted by atomic mass is 9.47. The summed E-state index contributed by atoms with van der Waals surface area (Å²) in [6.07, 6.45) is 13.7. The molecule has 0 radical (unpaired) electrons. The molecule has 166 valence electrons. The van der Waals surface area contributed by atoms with E-state index >= 15 is 0 Å². The minimum atomic E-state index is -0.326. The lowest BCUT2D eigenvalue weighted by Crippen LogP contribution is -2.57. The molecule has 0 heterocycles. The Morgan fingerprint density at radius 1 is 0.903 bits per heavy atom. The van der Waals surface area contributed by atoms with E-state index in [1.54, 1.807) is 0 Å². The Balaban J connectivity index is 1.33. The van der Waals surface area contributed by atoms with E-state index in [0.717, 1.165) is 56.3 Å². The molecule has 3 nitrogen and oxygen atoms in total. The summed E-state index contributed by atoms with van der Waals surface area (Å²) in [5.74, 6) is 4.44. The first kappa shape index (κ1) is 19.1. The van der Waals surface area contributed by atoms with Crippen molar-refractivity contribution in [1.82, 2.24) is 0 Å². The molecule has 6 fully saturated rings. The van der Waals surface area contributed by atoms with Crippen molar-refractivity contribution in [3.63, 3.8) is 0 Å². The van der Waals surface area contributed by atoms with Crippen LogP contribution in [0.1, 0.15) is 94.2 Å². The van der Waals surface area contributed by atoms with Gasteiger partial charge in [-0.05, 0) is 129 Å². The number of carbonyl (C=O) groups excluding carboxylic acids is 1. The maximum atomic E-state index is 12.7. The van der Waals surface area contributed by atoms with Crippen molar-refractivity contribution in [2.24, 2.45) is 40.7 Å². The molecule has 31 heavy (non-hydrogen) atoms. The molecule has 7 aliphatic carbocycles. The monoisotopic (exact) mass is 419 g/mol. The third-order valence-electron chi connectivity index (χ3n) is 11.4. The van der Waals surface area contributed by atoms with Gasteiger partial charge in [0, 0.05) is 22.9 Å². The van der Waals surface area contributed by atoms with Crippen LogP contribution in [0.2, 0.25) is 0 Å². The molecule has 0 aliphatic heterocycles. The minimum absolute atomic E-state index is 0.148. The molecule has 1 aromatic carbocycles. The SMILES string of the molecule is C[C@]12CC[C@]3(N)c4cc(C56CC7CC(CC(C7)C5)C6)c(O)cc4CC[C@H]3[C@@H]1CCC2=O. The third-order valence-corrected chi connectivity index (χ3v) is 11.4. The Morgan fingerprint density at radius 3 is 2.23 bits per heavy atom. The second-order valence-electron chi connectivity index (χ2n) is 12.9. The average Bonchev–Trinajstić information content (AvgIpc) is 3.01. The highest BCUT2D eigenvalue weighted by atomic mass is 16.3. The van der Waals surface area contributed by atoms with Crippen molar-refractivity contribution in [3.05, 3.63) is 28.8 Å². The highest BCUT2D eigenvalue weighted by Crippen LogP contribution is 2.64. The first-order valence-electron chi connectivity index (χ1n) is 13.0. The van der Waals surface area contributed by atoms with Gasteiger partial charge in [0.05, 0.1) is 0 Å². The minimum Gasteiger partial charge on any atom is -0.508 e. The molecular weight excluding hydrogens is 382 g/mol. The number of rotatable bonds is 1. The van der Waals surface area contributed by atoms with Crippen molar-refractivity contribution in [1.29, 1.82) is 0 Å². The predicted molar refractivity (Wildman–Crippen MR) is 121 cm³/mol. The van der Waals surface area contributed by atoms with Crippen LogP contribution in [0, 0.1) is 35.0 Å². The maximum Gasteiger partial charge on any atom is 0.139 e. The smallest absolute Gasteiger partial charge is 0.139 e. The number of phenols is 1. The summed E-state index contributed by atoms with van der Waals surface area (Å²) in [4.78, 5) is 12.7. The van der Waals surface area contributed by atoms with Gasteiger partial charge in [-0.25, -0.2) is 0 Å². The van der Waals surface area contributed by atoms with Crippen LogP contribution in [0.25, 0.3) is 0 Å². The lowest BCUT2D eigenvalue weighted by Gasteiger charge is -2.58. The normalized spacial score (nSPS) is 49.6. The maximum absolute atomic E-state index is 12.7. The predicted octanol–water partition coefficient (Wildman–Crippen LogP) is 5.36. The average molecular weight is 420 g/mol. The summed E-state index contributed by atoms with van der Waals surface area (Å²) < 4.78 is 0. The molecule has 3 heteroatoms. The number of hydrogen-bond donors (Lipinski definition) is 2. The summed E-state index contributed by atoms with van der Waals surface area (Å²) in [5, 5.41) is 11.2. The highest BCUT2D eigenvalue weighted by molar-refractivity contribution is 5.87. The van der Waals surface area contributed by atoms with Crippen LogP contribution in [0.5, 0.6) is 5.75 Å². The van der Waals surface area contributed by atoms with E-state index in [-0.39, 0.29) is 16.4 Å². The highest BCUT2D eigenvalue weighted by Gasteiger charge is 2.60. The summed E-state index contributed by atoms with van der Waals surface area (Å²) in [6.45, 7) is 2.22. The van der Waals surface area contributed by atoms with E-state index in [4.69, 9.17) is 5.73 Å². The first-order chi connectivity index (χ1) is 14.8. The van der Waals surface area contributed by atoms with E-state index in [9.17, 15) is 9.90 Å². The van der Waals surface area contributed by atoms with Crippen LogP contribution in [0.3, 0.4) is 0 Å². The molecular formula is C28H37NO2. The fraction of sp³-hybridized carbons (Fsp3) is 0.750. The van der Waals surface area contributed by atoms with E-state index < -0.39 is 0 Å². The molecule has 0 spiro atoms. The molecule has 6 saturated carbocycles. The van der Waals surface area contributed by atoms with Crippen molar-refractivity contribution >= 4 is 5.78 Å². The Bertz CT molecular complexity index is 946. The van der Waals surface area contributed by atoms with Gasteiger partial charge in [-0.2, -0.15) is 0 Å². The number of carbonyl (C=O) groups is 1. The molecule has 4 atom stereocenters. The molecule has 0 amide bonds. The summed E-state index contributed by atoms with van der Waals surface area (Å²) in [5.41, 5.74) is 10.9. The molecule has 1 aromatic rings. The number of Topliss-reactive ketones (excluding diaryl/α,β-unsaturated/α-hetero) is 1. The topological polar surface area (TPSA) is 63.3 Å². The van der Waals surface area contributed by atoms with Gasteiger partial charge >= 0.3 is 0 Å². The second kappa shape index (κ2) is 5.95. The number of fused-ring (bicyclic) bond motifs is 5. The van der Waals surface area contributed by atoms with Crippen LogP contribution in [-0.4, -0.2) is 10.9 Å². The number of hydrogen-bond acceptors (Lipinski definition) is 3. The number of benzene rings is 1. The molecule has 3 N–H and O–H groups in total. The van der Waals surface area contributed by atoms with Gasteiger partial charge < -0.3 is 10.8 Å².